The number of hydrogen-bond donors (Lipinski definition) is 1. The van der Waals surface area contributed by atoms with E-state index in [-0.39, 0.29) is 6.17 Å². The molecule has 0 aromatic carbocycles. The van der Waals surface area contributed by atoms with Crippen molar-refractivity contribution in [3.8, 4) is 0 Å². The van der Waals surface area contributed by atoms with Crippen molar-refractivity contribution in [1.82, 2.24) is 10.2 Å². The molecule has 62 valence electrons. The monoisotopic (exact) mass is 154 g/mol. The molecule has 1 atom stereocenters. The van der Waals surface area contributed by atoms with Crippen molar-refractivity contribution in [2.75, 3.05) is 6.54 Å². The van der Waals surface area contributed by atoms with Crippen LogP contribution in [0.4, 0.5) is 0 Å². The van der Waals surface area contributed by atoms with Crippen LogP contribution in [0.25, 0.3) is 0 Å². The zero-order valence-corrected chi connectivity index (χ0v) is 6.79. The van der Waals surface area contributed by atoms with Gasteiger partial charge in [0.05, 0.1) is 0 Å². The molecule has 0 radical (unpaired) electrons. The van der Waals surface area contributed by atoms with Crippen LogP contribution < -0.4 is 5.32 Å². The highest BCUT2D eigenvalue weighted by molar-refractivity contribution is 5.58. The predicted molar refractivity (Wildman–Crippen MR) is 43.7 cm³/mol. The summed E-state index contributed by atoms with van der Waals surface area (Å²) in [6.07, 6.45) is 6.84. The molecule has 1 rings (SSSR count). The lowest BCUT2D eigenvalue weighted by atomic mass is 10.3. The fourth-order valence-corrected chi connectivity index (χ4v) is 1.10. The van der Waals surface area contributed by atoms with Crippen LogP contribution in [0, 0.1) is 0 Å². The van der Waals surface area contributed by atoms with Gasteiger partial charge in [0.2, 0.25) is 0 Å². The molecule has 0 aliphatic carbocycles. The van der Waals surface area contributed by atoms with E-state index in [2.05, 4.69) is 12.2 Å². The Hall–Kier alpha value is -0.990. The second-order valence-corrected chi connectivity index (χ2v) is 2.65. The first-order valence-corrected chi connectivity index (χ1v) is 4.02. The Bertz CT molecular complexity index is 156. The van der Waals surface area contributed by atoms with Crippen molar-refractivity contribution in [2.24, 2.45) is 0 Å². The molecule has 1 N–H and O–H groups in total. The summed E-state index contributed by atoms with van der Waals surface area (Å²) in [5.41, 5.74) is 0. The lowest BCUT2D eigenvalue weighted by Gasteiger charge is -2.20. The highest BCUT2D eigenvalue weighted by Gasteiger charge is 2.15. The normalized spacial score (nSPS) is 21.9. The van der Waals surface area contributed by atoms with Crippen LogP contribution in [-0.4, -0.2) is 23.9 Å². The minimum Gasteiger partial charge on any atom is -0.364 e. The number of nitrogens with zero attached hydrogens (tertiary/aromatic N) is 1. The summed E-state index contributed by atoms with van der Waals surface area (Å²) in [6, 6.07) is 0. The topological polar surface area (TPSA) is 32.3 Å². The maximum Gasteiger partial charge on any atom is 0.162 e. The van der Waals surface area contributed by atoms with Gasteiger partial charge in [-0.15, -0.1) is 0 Å². The minimum absolute atomic E-state index is 0.124. The molecule has 0 aromatic heterocycles. The van der Waals surface area contributed by atoms with Gasteiger partial charge in [0.1, 0.15) is 0 Å². The quantitative estimate of drug-likeness (QED) is 0.605. The van der Waals surface area contributed by atoms with E-state index in [9.17, 15) is 4.79 Å². The third-order valence-electron chi connectivity index (χ3n) is 1.79. The Balaban J connectivity index is 2.30. The van der Waals surface area contributed by atoms with Crippen molar-refractivity contribution in [3.05, 3.63) is 12.4 Å². The second kappa shape index (κ2) is 4.01. The van der Waals surface area contributed by atoms with Gasteiger partial charge in [-0.1, -0.05) is 13.3 Å². The third kappa shape index (κ3) is 1.97. The van der Waals surface area contributed by atoms with Gasteiger partial charge in [-0.05, 0) is 6.42 Å². The molecule has 0 fully saturated rings. The lowest BCUT2D eigenvalue weighted by molar-refractivity contribution is -0.111. The summed E-state index contributed by atoms with van der Waals surface area (Å²) in [7, 11) is 0. The van der Waals surface area contributed by atoms with Gasteiger partial charge in [-0.2, -0.15) is 0 Å². The van der Waals surface area contributed by atoms with E-state index < -0.39 is 0 Å². The van der Waals surface area contributed by atoms with E-state index in [4.69, 9.17) is 0 Å². The Morgan fingerprint density at radius 1 is 1.73 bits per heavy atom. The molecule has 0 aromatic rings. The van der Waals surface area contributed by atoms with Gasteiger partial charge >= 0.3 is 0 Å². The van der Waals surface area contributed by atoms with Crippen molar-refractivity contribution >= 4 is 6.29 Å². The zero-order valence-electron chi connectivity index (χ0n) is 6.79. The summed E-state index contributed by atoms with van der Waals surface area (Å²) in [4.78, 5) is 12.4. The molecule has 11 heavy (non-hydrogen) atoms. The van der Waals surface area contributed by atoms with E-state index in [1.165, 1.54) is 0 Å². The standard InChI is InChI=1S/C8H14N2O/c1-2-3-5-10-6-4-9-8(10)7-11/h4,6-9H,2-3,5H2,1H3. The zero-order chi connectivity index (χ0) is 8.10. The summed E-state index contributed by atoms with van der Waals surface area (Å²) in [6.45, 7) is 3.10. The van der Waals surface area contributed by atoms with Gasteiger partial charge in [0, 0.05) is 18.9 Å². The number of nitrogens with one attached hydrogen (secondary N) is 1. The molecular weight excluding hydrogens is 140 g/mol. The van der Waals surface area contributed by atoms with E-state index >= 15 is 0 Å². The van der Waals surface area contributed by atoms with Crippen LogP contribution >= 0.6 is 0 Å². The van der Waals surface area contributed by atoms with Gasteiger partial charge in [0.15, 0.2) is 12.5 Å². The van der Waals surface area contributed by atoms with Crippen molar-refractivity contribution in [3.63, 3.8) is 0 Å². The molecule has 0 saturated heterocycles. The Labute approximate surface area is 67.1 Å². The largest absolute Gasteiger partial charge is 0.364 e. The SMILES string of the molecule is CCCCN1C=CNC1C=O. The van der Waals surface area contributed by atoms with E-state index in [0.717, 1.165) is 25.7 Å². The minimum atomic E-state index is -0.124. The number of rotatable bonds is 4. The highest BCUT2D eigenvalue weighted by Crippen LogP contribution is 2.04. The van der Waals surface area contributed by atoms with Gasteiger partial charge in [-0.25, -0.2) is 0 Å². The fraction of sp³-hybridized carbons (Fsp3) is 0.625. The van der Waals surface area contributed by atoms with Crippen LogP contribution in [0.5, 0.6) is 0 Å². The van der Waals surface area contributed by atoms with Crippen LogP contribution in [0.1, 0.15) is 19.8 Å². The smallest absolute Gasteiger partial charge is 0.162 e. The first-order valence-electron chi connectivity index (χ1n) is 4.02. The Morgan fingerprint density at radius 2 is 2.55 bits per heavy atom. The number of hydrogen-bond acceptors (Lipinski definition) is 3. The number of carbonyl (C=O) groups excluding carboxylic acids is 1. The first kappa shape index (κ1) is 8.11. The summed E-state index contributed by atoms with van der Waals surface area (Å²) in [5, 5.41) is 2.94. The van der Waals surface area contributed by atoms with Crippen molar-refractivity contribution in [1.29, 1.82) is 0 Å². The second-order valence-electron chi connectivity index (χ2n) is 2.65. The number of aldehydes is 1. The summed E-state index contributed by atoms with van der Waals surface area (Å²) < 4.78 is 0. The predicted octanol–water partition coefficient (Wildman–Crippen LogP) is 0.688. The third-order valence-corrected chi connectivity index (χ3v) is 1.79. The molecule has 0 saturated carbocycles. The Kier molecular flexibility index (Phi) is 2.95. The van der Waals surface area contributed by atoms with Gasteiger partial charge in [-0.3, -0.25) is 4.79 Å². The molecule has 1 aliphatic rings. The van der Waals surface area contributed by atoms with Crippen LogP contribution in [0.2, 0.25) is 0 Å². The highest BCUT2D eigenvalue weighted by atomic mass is 16.1. The molecular formula is C8H14N2O. The maximum atomic E-state index is 10.4. The molecule has 3 heteroatoms. The molecule has 3 nitrogen and oxygen atoms in total. The maximum absolute atomic E-state index is 10.4. The van der Waals surface area contributed by atoms with Gasteiger partial charge < -0.3 is 10.2 Å². The average Bonchev–Trinajstić information content (AvgIpc) is 2.47. The summed E-state index contributed by atoms with van der Waals surface area (Å²) >= 11 is 0. The summed E-state index contributed by atoms with van der Waals surface area (Å²) in [5.74, 6) is 0. The van der Waals surface area contributed by atoms with E-state index in [1.807, 2.05) is 17.3 Å². The van der Waals surface area contributed by atoms with Crippen LogP contribution in [0.15, 0.2) is 12.4 Å². The Morgan fingerprint density at radius 3 is 3.18 bits per heavy atom. The number of unbranched alkanes of at least 4 members (excludes halogenated alkanes) is 1. The van der Waals surface area contributed by atoms with Crippen LogP contribution in [-0.2, 0) is 4.79 Å². The van der Waals surface area contributed by atoms with Crippen LogP contribution in [0.3, 0.4) is 0 Å². The average molecular weight is 154 g/mol. The molecule has 1 unspecified atom stereocenters. The molecule has 0 amide bonds. The number of carbonyl (C=O) groups is 1. The molecule has 0 bridgehead atoms. The van der Waals surface area contributed by atoms with E-state index in [1.54, 1.807) is 0 Å². The molecule has 1 heterocycles. The van der Waals surface area contributed by atoms with Gasteiger partial charge in [0.25, 0.3) is 0 Å². The first-order chi connectivity index (χ1) is 5.38. The van der Waals surface area contributed by atoms with Crippen molar-refractivity contribution in [2.45, 2.75) is 25.9 Å². The molecule has 1 aliphatic heterocycles. The fourth-order valence-electron chi connectivity index (χ4n) is 1.10. The molecule has 0 spiro atoms. The lowest BCUT2D eigenvalue weighted by Crippen LogP contribution is -2.36. The van der Waals surface area contributed by atoms with Crippen molar-refractivity contribution < 1.29 is 4.79 Å². The van der Waals surface area contributed by atoms with E-state index in [0.29, 0.717) is 0 Å².